The van der Waals surface area contributed by atoms with Crippen LogP contribution in [-0.4, -0.2) is 42.4 Å². The van der Waals surface area contributed by atoms with Crippen molar-refractivity contribution in [2.24, 2.45) is 11.3 Å². The van der Waals surface area contributed by atoms with Crippen molar-refractivity contribution in [1.82, 2.24) is 15.7 Å². The molecule has 0 saturated heterocycles. The normalized spacial score (nSPS) is 22.3. The van der Waals surface area contributed by atoms with Crippen LogP contribution < -0.4 is 10.6 Å². The van der Waals surface area contributed by atoms with Crippen LogP contribution in [0.25, 0.3) is 0 Å². The van der Waals surface area contributed by atoms with Crippen molar-refractivity contribution in [3.8, 4) is 0 Å². The molecule has 0 fully saturated rings. The van der Waals surface area contributed by atoms with E-state index in [0.717, 1.165) is 37.7 Å². The standard InChI is InChI=1S/C26H39N3O4/c1-26(2,3)23-25(32)27-17-13-8-6-4-5-7-12-16-22(24(31)28-23)18-29(20-30)33-19-21-14-10-9-11-15-21/h4-5,9-11,14-15,20,22-23H,6-8,12-13,16-19H2,1-3H3,(H,27,32)(H,28,31)/b5-4-/t22-,23-/m1/s1. The first kappa shape index (κ1) is 26.6. The lowest BCUT2D eigenvalue weighted by Crippen LogP contribution is -2.55. The van der Waals surface area contributed by atoms with Gasteiger partial charge < -0.3 is 10.6 Å². The Morgan fingerprint density at radius 1 is 1.03 bits per heavy atom. The SMILES string of the molecule is CC(C)(C)[C@@H]1NC(=O)[C@@H](CN(C=O)OCc2ccccc2)CCC/C=C\CCCCNC1=O. The van der Waals surface area contributed by atoms with Crippen LogP contribution in [0.15, 0.2) is 42.5 Å². The van der Waals surface area contributed by atoms with Gasteiger partial charge in [0.05, 0.1) is 12.5 Å². The summed E-state index contributed by atoms with van der Waals surface area (Å²) in [6, 6.07) is 8.90. The van der Waals surface area contributed by atoms with Crippen LogP contribution in [0.3, 0.4) is 0 Å². The molecule has 1 aromatic carbocycles. The summed E-state index contributed by atoms with van der Waals surface area (Å²) in [4.78, 5) is 43.5. The number of carbonyl (C=O) groups is 3. The lowest BCUT2D eigenvalue weighted by atomic mass is 9.85. The molecule has 0 saturated carbocycles. The summed E-state index contributed by atoms with van der Waals surface area (Å²) >= 11 is 0. The van der Waals surface area contributed by atoms with Gasteiger partial charge in [-0.3, -0.25) is 19.2 Å². The van der Waals surface area contributed by atoms with Gasteiger partial charge in [-0.25, -0.2) is 5.06 Å². The second-order valence-electron chi connectivity index (χ2n) is 9.66. The highest BCUT2D eigenvalue weighted by molar-refractivity contribution is 5.89. The van der Waals surface area contributed by atoms with Crippen molar-refractivity contribution in [1.29, 1.82) is 0 Å². The molecule has 1 aromatic rings. The molecule has 182 valence electrons. The van der Waals surface area contributed by atoms with Gasteiger partial charge in [-0.05, 0) is 49.5 Å². The Bertz CT molecular complexity index is 773. The predicted molar refractivity (Wildman–Crippen MR) is 129 cm³/mol. The van der Waals surface area contributed by atoms with Crippen molar-refractivity contribution in [2.75, 3.05) is 13.1 Å². The third kappa shape index (κ3) is 9.78. The first-order valence-electron chi connectivity index (χ1n) is 11.9. The van der Waals surface area contributed by atoms with Gasteiger partial charge in [-0.2, -0.15) is 0 Å². The minimum atomic E-state index is -0.661. The minimum absolute atomic E-state index is 0.129. The molecule has 0 radical (unpaired) electrons. The van der Waals surface area contributed by atoms with Crippen LogP contribution in [0.2, 0.25) is 0 Å². The monoisotopic (exact) mass is 457 g/mol. The average molecular weight is 458 g/mol. The molecule has 0 unspecified atom stereocenters. The Morgan fingerprint density at radius 2 is 1.73 bits per heavy atom. The van der Waals surface area contributed by atoms with Crippen LogP contribution in [0.4, 0.5) is 0 Å². The number of nitrogens with zero attached hydrogens (tertiary/aromatic N) is 1. The van der Waals surface area contributed by atoms with E-state index < -0.39 is 17.4 Å². The molecule has 0 aromatic heterocycles. The molecule has 2 atom stereocenters. The van der Waals surface area contributed by atoms with E-state index in [1.165, 1.54) is 5.06 Å². The van der Waals surface area contributed by atoms with Crippen molar-refractivity contribution in [3.05, 3.63) is 48.0 Å². The number of allylic oxidation sites excluding steroid dienone is 2. The molecule has 1 heterocycles. The smallest absolute Gasteiger partial charge is 0.243 e. The molecule has 1 aliphatic rings. The molecule has 33 heavy (non-hydrogen) atoms. The molecule has 7 heteroatoms. The van der Waals surface area contributed by atoms with Gasteiger partial charge in [-0.15, -0.1) is 0 Å². The number of hydrogen-bond donors (Lipinski definition) is 2. The van der Waals surface area contributed by atoms with Crippen molar-refractivity contribution >= 4 is 18.2 Å². The number of hydrogen-bond acceptors (Lipinski definition) is 4. The van der Waals surface area contributed by atoms with E-state index in [9.17, 15) is 14.4 Å². The minimum Gasteiger partial charge on any atom is -0.354 e. The van der Waals surface area contributed by atoms with Crippen LogP contribution >= 0.6 is 0 Å². The topological polar surface area (TPSA) is 87.7 Å². The molecule has 0 aliphatic carbocycles. The fourth-order valence-corrected chi connectivity index (χ4v) is 3.73. The fraction of sp³-hybridized carbons (Fsp3) is 0.577. The Morgan fingerprint density at radius 3 is 2.39 bits per heavy atom. The molecule has 1 aliphatic heterocycles. The van der Waals surface area contributed by atoms with Gasteiger partial charge in [-0.1, -0.05) is 63.3 Å². The lowest BCUT2D eigenvalue weighted by molar-refractivity contribution is -0.182. The zero-order valence-electron chi connectivity index (χ0n) is 20.2. The third-order valence-corrected chi connectivity index (χ3v) is 5.73. The maximum Gasteiger partial charge on any atom is 0.243 e. The van der Waals surface area contributed by atoms with E-state index in [0.29, 0.717) is 19.4 Å². The summed E-state index contributed by atoms with van der Waals surface area (Å²) in [7, 11) is 0. The summed E-state index contributed by atoms with van der Waals surface area (Å²) in [5.41, 5.74) is 0.485. The number of amides is 3. The molecular formula is C26H39N3O4. The van der Waals surface area contributed by atoms with Crippen molar-refractivity contribution < 1.29 is 19.2 Å². The zero-order valence-corrected chi connectivity index (χ0v) is 20.2. The van der Waals surface area contributed by atoms with E-state index in [4.69, 9.17) is 4.84 Å². The molecule has 0 bridgehead atoms. The van der Waals surface area contributed by atoms with Gasteiger partial charge in [0.25, 0.3) is 0 Å². The first-order valence-corrected chi connectivity index (χ1v) is 11.9. The Hall–Kier alpha value is -2.67. The summed E-state index contributed by atoms with van der Waals surface area (Å²) in [6.45, 7) is 6.76. The highest BCUT2D eigenvalue weighted by atomic mass is 16.7. The molecule has 7 nitrogen and oxygen atoms in total. The van der Waals surface area contributed by atoms with Gasteiger partial charge >= 0.3 is 0 Å². The number of nitrogens with one attached hydrogen (secondary N) is 2. The van der Waals surface area contributed by atoms with Crippen LogP contribution in [-0.2, 0) is 25.8 Å². The Labute approximate surface area is 197 Å². The zero-order chi connectivity index (χ0) is 24.1. The van der Waals surface area contributed by atoms with E-state index in [2.05, 4.69) is 22.8 Å². The molecule has 3 amide bonds. The number of rotatable bonds is 6. The van der Waals surface area contributed by atoms with Gasteiger partial charge in [0.15, 0.2) is 0 Å². The molecular weight excluding hydrogens is 418 g/mol. The summed E-state index contributed by atoms with van der Waals surface area (Å²) in [6.07, 6.45) is 10.1. The summed E-state index contributed by atoms with van der Waals surface area (Å²) in [5.74, 6) is -0.895. The number of hydroxylamine groups is 2. The average Bonchev–Trinajstić information content (AvgIpc) is 2.79. The van der Waals surface area contributed by atoms with Gasteiger partial charge in [0.1, 0.15) is 12.6 Å². The fourth-order valence-electron chi connectivity index (χ4n) is 3.73. The first-order chi connectivity index (χ1) is 15.8. The number of carbonyl (C=O) groups excluding carboxylic acids is 3. The lowest BCUT2D eigenvalue weighted by Gasteiger charge is -2.32. The second-order valence-corrected chi connectivity index (χ2v) is 9.66. The summed E-state index contributed by atoms with van der Waals surface area (Å²) in [5, 5.41) is 7.12. The maximum atomic E-state index is 13.3. The van der Waals surface area contributed by atoms with Crippen LogP contribution in [0, 0.1) is 11.3 Å². The molecule has 2 N–H and O–H groups in total. The van der Waals surface area contributed by atoms with E-state index >= 15 is 0 Å². The highest BCUT2D eigenvalue weighted by Gasteiger charge is 2.34. The summed E-state index contributed by atoms with van der Waals surface area (Å²) < 4.78 is 0. The Balaban J connectivity index is 2.12. The van der Waals surface area contributed by atoms with Crippen molar-refractivity contribution in [2.45, 2.75) is 71.9 Å². The van der Waals surface area contributed by atoms with Crippen LogP contribution in [0.5, 0.6) is 0 Å². The van der Waals surface area contributed by atoms with E-state index in [-0.39, 0.29) is 25.0 Å². The van der Waals surface area contributed by atoms with Crippen LogP contribution in [0.1, 0.15) is 64.9 Å². The van der Waals surface area contributed by atoms with Gasteiger partial charge in [0.2, 0.25) is 18.2 Å². The second kappa shape index (κ2) is 13.8. The third-order valence-electron chi connectivity index (χ3n) is 5.73. The van der Waals surface area contributed by atoms with Gasteiger partial charge in [0, 0.05) is 6.54 Å². The highest BCUT2D eigenvalue weighted by Crippen LogP contribution is 2.21. The number of benzene rings is 1. The molecule has 2 rings (SSSR count). The maximum absolute atomic E-state index is 13.3. The largest absolute Gasteiger partial charge is 0.354 e. The van der Waals surface area contributed by atoms with E-state index in [1.54, 1.807) is 0 Å². The van der Waals surface area contributed by atoms with E-state index in [1.807, 2.05) is 51.1 Å². The quantitative estimate of drug-likeness (QED) is 0.387. The molecule has 0 spiro atoms. The predicted octanol–water partition coefficient (Wildman–Crippen LogP) is 3.75. The van der Waals surface area contributed by atoms with Crippen molar-refractivity contribution in [3.63, 3.8) is 0 Å². The Kier molecular flexibility index (Phi) is 11.1.